The Kier molecular flexibility index (Phi) is 21.4. The molecule has 2 fully saturated rings. The highest BCUT2D eigenvalue weighted by Gasteiger charge is 2.61. The predicted molar refractivity (Wildman–Crippen MR) is 410 cm³/mol. The molecule has 22 heteroatoms. The van der Waals surface area contributed by atoms with Crippen LogP contribution >= 0.6 is 0 Å². The third kappa shape index (κ3) is 14.9. The van der Waals surface area contributed by atoms with E-state index in [2.05, 4.69) is 26.3 Å². The van der Waals surface area contributed by atoms with Crippen LogP contribution in [0.5, 0.6) is 0 Å². The molecule has 8 atom stereocenters. The van der Waals surface area contributed by atoms with Crippen LogP contribution in [0, 0.1) is 11.8 Å². The highest BCUT2D eigenvalue weighted by Crippen LogP contribution is 2.43. The van der Waals surface area contributed by atoms with Gasteiger partial charge in [-0.1, -0.05) is 221 Å². The number of carbonyl (C=O) groups is 10. The molecule has 8 unspecified atom stereocenters. The number of benzene rings is 9. The molecular formula is C88H72N4O18. The Morgan fingerprint density at radius 2 is 0.645 bits per heavy atom. The molecule has 0 bridgehead atoms. The van der Waals surface area contributed by atoms with E-state index < -0.39 is 149 Å². The van der Waals surface area contributed by atoms with E-state index >= 15 is 9.59 Å². The molecule has 14 rings (SSSR count). The highest BCUT2D eigenvalue weighted by molar-refractivity contribution is 6.18. The molecule has 3 aliphatic carbocycles. The van der Waals surface area contributed by atoms with Crippen LogP contribution < -0.4 is 0 Å². The summed E-state index contributed by atoms with van der Waals surface area (Å²) in [5.74, 6) is -7.82. The van der Waals surface area contributed by atoms with Crippen LogP contribution in [0.15, 0.2) is 286 Å². The Balaban J connectivity index is 0.859. The Morgan fingerprint density at radius 3 is 0.982 bits per heavy atom. The zero-order valence-corrected chi connectivity index (χ0v) is 59.3. The zero-order chi connectivity index (χ0) is 76.7. The molecule has 0 spiro atoms. The molecule has 22 nitrogen and oxygen atoms in total. The van der Waals surface area contributed by atoms with Gasteiger partial charge in [0, 0.05) is 36.1 Å². The van der Waals surface area contributed by atoms with Gasteiger partial charge in [-0.3, -0.25) is 19.6 Å². The van der Waals surface area contributed by atoms with Gasteiger partial charge >= 0.3 is 59.8 Å². The molecule has 9 aromatic carbocycles. The first-order valence-electron chi connectivity index (χ1n) is 35.5. The molecule has 2 heterocycles. The summed E-state index contributed by atoms with van der Waals surface area (Å²) in [7, 11) is 0. The van der Waals surface area contributed by atoms with Gasteiger partial charge in [-0.15, -0.1) is 0 Å². The monoisotopic (exact) mass is 1470 g/mol. The molecule has 2 saturated heterocycles. The first-order chi connectivity index (χ1) is 53.5. The average molecular weight is 1470 g/mol. The molecule has 2 aliphatic heterocycles. The van der Waals surface area contributed by atoms with E-state index in [9.17, 15) is 38.4 Å². The maximum absolute atomic E-state index is 16.3. The fraction of sp³-hybridized carbons (Fsp3) is 0.182. The molecule has 0 radical (unpaired) electrons. The first-order valence-corrected chi connectivity index (χ1v) is 35.5. The Bertz CT molecular complexity index is 5390. The lowest BCUT2D eigenvalue weighted by Gasteiger charge is -2.34. The van der Waals surface area contributed by atoms with Gasteiger partial charge < -0.3 is 37.9 Å². The van der Waals surface area contributed by atoms with E-state index in [1.54, 1.807) is 66.7 Å². The van der Waals surface area contributed by atoms with Crippen LogP contribution in [0.4, 0.5) is 9.59 Å². The van der Waals surface area contributed by atoms with E-state index in [-0.39, 0.29) is 34.1 Å². The normalized spacial score (nSPS) is 17.9. The summed E-state index contributed by atoms with van der Waals surface area (Å²) in [6.07, 6.45) is 10.5. The van der Waals surface area contributed by atoms with Gasteiger partial charge in [0.25, 0.3) is 0 Å². The standard InChI is InChI=1S/C88H72N4O18/c1-5-77(93)107-57(49-103-83(97)73-41-53-25-9-13-29-61(53)65-33-17-21-37-69(65)73)45-89-81-82(91(87(89)101)47-59(109-79(95)7-3)51-105-85(99)75-43-55-27-11-15-31-63(55)67-35-19-23-39-71(67)75)92(48-60(110-80(96)8-4)52-106-86(100)76-44-56-28-12-16-32-64(56)68-36-20-24-40-72(68)76)88(102)90(81)46-58(108-78(94)6-2)50-104-84(98)74-42-54-26-10-14-30-62(54)66-34-18-22-38-70(66)74/h5-44,57-61,65,81-82H,1-4,45-52H2. The molecule has 0 aromatic heterocycles. The van der Waals surface area contributed by atoms with Crippen molar-refractivity contribution in [2.75, 3.05) is 52.6 Å². The van der Waals surface area contributed by atoms with Crippen LogP contribution in [-0.2, 0) is 61.9 Å². The molecule has 9 aromatic rings. The van der Waals surface area contributed by atoms with Gasteiger partial charge in [0.05, 0.1) is 48.4 Å². The van der Waals surface area contributed by atoms with Crippen molar-refractivity contribution in [1.82, 2.24) is 19.6 Å². The smallest absolute Gasteiger partial charge is 0.338 e. The lowest BCUT2D eigenvalue weighted by Crippen LogP contribution is -2.53. The summed E-state index contributed by atoms with van der Waals surface area (Å²) in [5.41, 5.74) is 2.13. The van der Waals surface area contributed by atoms with Crippen LogP contribution in [0.25, 0.3) is 64.6 Å². The number of hydrogen-bond donors (Lipinski definition) is 0. The maximum Gasteiger partial charge on any atom is 0.338 e. The van der Waals surface area contributed by atoms with Crippen LogP contribution in [0.1, 0.15) is 31.1 Å². The summed E-state index contributed by atoms with van der Waals surface area (Å²) in [5, 5.41) is 8.50. The van der Waals surface area contributed by atoms with Crippen molar-refractivity contribution in [3.8, 4) is 0 Å². The van der Waals surface area contributed by atoms with Crippen molar-refractivity contribution in [1.29, 1.82) is 0 Å². The minimum Gasteiger partial charge on any atom is -0.458 e. The fourth-order valence-corrected chi connectivity index (χ4v) is 15.0. The molecule has 4 amide bonds. The second kappa shape index (κ2) is 32.1. The van der Waals surface area contributed by atoms with Gasteiger partial charge in [-0.25, -0.2) is 47.9 Å². The number of fused-ring (bicyclic) bond motifs is 13. The van der Waals surface area contributed by atoms with E-state index in [1.807, 2.05) is 152 Å². The van der Waals surface area contributed by atoms with E-state index in [0.29, 0.717) is 37.9 Å². The van der Waals surface area contributed by atoms with Crippen molar-refractivity contribution < 1.29 is 85.8 Å². The van der Waals surface area contributed by atoms with Gasteiger partial charge in [0.1, 0.15) is 38.8 Å². The Labute approximate surface area is 630 Å². The van der Waals surface area contributed by atoms with Crippen molar-refractivity contribution in [3.05, 3.63) is 303 Å². The number of hydrogen-bond acceptors (Lipinski definition) is 18. The van der Waals surface area contributed by atoms with E-state index in [0.717, 1.165) is 81.8 Å². The van der Waals surface area contributed by atoms with Gasteiger partial charge in [0.2, 0.25) is 0 Å². The molecular weight excluding hydrogens is 1400 g/mol. The zero-order valence-electron chi connectivity index (χ0n) is 59.3. The van der Waals surface area contributed by atoms with E-state index in [1.165, 1.54) is 0 Å². The summed E-state index contributed by atoms with van der Waals surface area (Å²) < 4.78 is 48.2. The maximum atomic E-state index is 16.3. The quantitative estimate of drug-likeness (QED) is 0.0191. The molecule has 0 N–H and O–H groups in total. The molecule has 0 saturated carbocycles. The van der Waals surface area contributed by atoms with Crippen molar-refractivity contribution >= 4 is 124 Å². The summed E-state index contributed by atoms with van der Waals surface area (Å²) >= 11 is 0. The number of allylic oxidation sites excluding steroid dienone is 10. The molecule has 552 valence electrons. The highest BCUT2D eigenvalue weighted by atomic mass is 16.6. The van der Waals surface area contributed by atoms with Crippen molar-refractivity contribution in [2.24, 2.45) is 11.8 Å². The summed E-state index contributed by atoms with van der Waals surface area (Å²) in [6.45, 7) is 8.55. The lowest BCUT2D eigenvalue weighted by atomic mass is 9.72. The Hall–Kier alpha value is -13.8. The Morgan fingerprint density at radius 1 is 0.355 bits per heavy atom. The minimum atomic E-state index is -1.68. The predicted octanol–water partition coefficient (Wildman–Crippen LogP) is 13.3. The fourth-order valence-electron chi connectivity index (χ4n) is 15.0. The topological polar surface area (TPSA) is 257 Å². The second-order valence-corrected chi connectivity index (χ2v) is 26.6. The lowest BCUT2D eigenvalue weighted by molar-refractivity contribution is -0.154. The van der Waals surface area contributed by atoms with Crippen molar-refractivity contribution in [3.63, 3.8) is 0 Å². The number of nitrogens with zero attached hydrogens (tertiary/aromatic N) is 4. The largest absolute Gasteiger partial charge is 0.458 e. The second-order valence-electron chi connectivity index (χ2n) is 26.6. The number of rotatable bonds is 28. The summed E-state index contributed by atoms with van der Waals surface area (Å²) in [6, 6.07) is 46.9. The summed E-state index contributed by atoms with van der Waals surface area (Å²) in [4.78, 5) is 150. The minimum absolute atomic E-state index is 0.0907. The number of urea groups is 2. The van der Waals surface area contributed by atoms with Gasteiger partial charge in [-0.2, -0.15) is 0 Å². The van der Waals surface area contributed by atoms with Gasteiger partial charge in [-0.05, 0) is 100 Å². The number of ether oxygens (including phenoxy) is 8. The third-order valence-electron chi connectivity index (χ3n) is 19.9. The number of amides is 4. The first kappa shape index (κ1) is 73.2. The average Bonchev–Trinajstić information content (AvgIpc) is 1.54. The number of esters is 8. The van der Waals surface area contributed by atoms with Crippen LogP contribution in [0.2, 0.25) is 0 Å². The molecule has 5 aliphatic rings. The number of carbonyl (C=O) groups excluding carboxylic acids is 10. The molecule has 110 heavy (non-hydrogen) atoms. The van der Waals surface area contributed by atoms with Crippen LogP contribution in [0.3, 0.4) is 0 Å². The van der Waals surface area contributed by atoms with E-state index in [4.69, 9.17) is 37.9 Å². The third-order valence-corrected chi connectivity index (χ3v) is 19.9. The SMILES string of the molecule is C=CC(=O)OC(COC(=O)C1=C2C=CC=CC2C2C=CC=CC2=C1)CN1C(=O)N(CC(COC(=O)c2cc3ccccc3c3ccccc23)OC(=O)C=C)C2C1N(CC(COC(=O)c1cc3ccccc3c3ccccc13)OC(=O)C=C)C(=O)N2CC(COC(=O)c1cc2ccccc2c2ccccc12)OC(=O)C=C. The van der Waals surface area contributed by atoms with Gasteiger partial charge in [0.15, 0.2) is 24.4 Å². The van der Waals surface area contributed by atoms with Crippen molar-refractivity contribution in [2.45, 2.75) is 36.7 Å². The van der Waals surface area contributed by atoms with Crippen LogP contribution in [-0.4, -0.2) is 169 Å².